The van der Waals surface area contributed by atoms with Gasteiger partial charge in [0.25, 0.3) is 5.91 Å². The van der Waals surface area contributed by atoms with Gasteiger partial charge in [-0.1, -0.05) is 42.4 Å². The second kappa shape index (κ2) is 8.71. The number of amides is 1. The van der Waals surface area contributed by atoms with Gasteiger partial charge in [0.05, 0.1) is 17.1 Å². The summed E-state index contributed by atoms with van der Waals surface area (Å²) in [6.07, 6.45) is 0.595. The molecule has 9 nitrogen and oxygen atoms in total. The highest BCUT2D eigenvalue weighted by atomic mass is 32.2. The van der Waals surface area contributed by atoms with Crippen molar-refractivity contribution in [3.63, 3.8) is 0 Å². The molecule has 1 amide bonds. The van der Waals surface area contributed by atoms with Crippen molar-refractivity contribution in [2.45, 2.75) is 38.3 Å². The molecule has 0 bridgehead atoms. The van der Waals surface area contributed by atoms with Gasteiger partial charge in [0, 0.05) is 26.1 Å². The standard InChI is InChI=1S/C22H24N4O5S/c1-4-21-23-20(24-31-21)13-26-17-10-15(2)19(11-18(17)30-14-22(26)27)32(28,29)25(3)12-16-8-6-5-7-9-16/h5-11H,4,12-14H2,1-3H3. The molecule has 2 aromatic carbocycles. The summed E-state index contributed by atoms with van der Waals surface area (Å²) >= 11 is 0. The number of rotatable bonds is 7. The molecule has 1 aromatic heterocycles. The zero-order chi connectivity index (χ0) is 22.9. The highest BCUT2D eigenvalue weighted by Crippen LogP contribution is 2.37. The average Bonchev–Trinajstić information content (AvgIpc) is 3.24. The number of nitrogens with zero attached hydrogens (tertiary/aromatic N) is 4. The molecule has 0 saturated heterocycles. The van der Waals surface area contributed by atoms with E-state index in [4.69, 9.17) is 9.26 Å². The largest absolute Gasteiger partial charge is 0.482 e. The van der Waals surface area contributed by atoms with Gasteiger partial charge >= 0.3 is 0 Å². The van der Waals surface area contributed by atoms with E-state index in [9.17, 15) is 13.2 Å². The summed E-state index contributed by atoms with van der Waals surface area (Å²) in [7, 11) is -2.24. The van der Waals surface area contributed by atoms with Crippen LogP contribution in [0.2, 0.25) is 0 Å². The molecule has 0 N–H and O–H groups in total. The summed E-state index contributed by atoms with van der Waals surface area (Å²) in [4.78, 5) is 18.4. The molecule has 3 aromatic rings. The second-order valence-corrected chi connectivity index (χ2v) is 9.57. The zero-order valence-corrected chi connectivity index (χ0v) is 18.9. The van der Waals surface area contributed by atoms with Crippen molar-refractivity contribution in [2.75, 3.05) is 18.6 Å². The number of anilines is 1. The highest BCUT2D eigenvalue weighted by Gasteiger charge is 2.31. The monoisotopic (exact) mass is 456 g/mol. The number of hydrogen-bond donors (Lipinski definition) is 0. The Morgan fingerprint density at radius 2 is 1.94 bits per heavy atom. The number of carbonyl (C=O) groups is 1. The van der Waals surface area contributed by atoms with Crippen LogP contribution in [0, 0.1) is 6.92 Å². The van der Waals surface area contributed by atoms with Gasteiger partial charge in [-0.25, -0.2) is 8.42 Å². The van der Waals surface area contributed by atoms with Gasteiger partial charge in [0.1, 0.15) is 5.75 Å². The quantitative estimate of drug-likeness (QED) is 0.538. The van der Waals surface area contributed by atoms with Gasteiger partial charge in [-0.3, -0.25) is 9.69 Å². The molecule has 0 aliphatic carbocycles. The summed E-state index contributed by atoms with van der Waals surface area (Å²) in [5.74, 6) is 0.914. The number of benzene rings is 2. The van der Waals surface area contributed by atoms with Crippen molar-refractivity contribution < 1.29 is 22.5 Å². The molecule has 0 unspecified atom stereocenters. The van der Waals surface area contributed by atoms with Crippen LogP contribution in [0.4, 0.5) is 5.69 Å². The fourth-order valence-electron chi connectivity index (χ4n) is 3.52. The molecule has 1 aliphatic rings. The van der Waals surface area contributed by atoms with Crippen LogP contribution in [0.5, 0.6) is 5.75 Å². The summed E-state index contributed by atoms with van der Waals surface area (Å²) in [6.45, 7) is 3.74. The Balaban J connectivity index is 1.64. The lowest BCUT2D eigenvalue weighted by Crippen LogP contribution is -2.39. The Morgan fingerprint density at radius 1 is 1.19 bits per heavy atom. The number of aromatic nitrogens is 2. The van der Waals surface area contributed by atoms with E-state index < -0.39 is 10.0 Å². The van der Waals surface area contributed by atoms with Crippen LogP contribution in [0.15, 0.2) is 51.9 Å². The lowest BCUT2D eigenvalue weighted by atomic mass is 10.1. The first-order valence-electron chi connectivity index (χ1n) is 10.2. The van der Waals surface area contributed by atoms with E-state index in [1.54, 1.807) is 20.0 Å². The van der Waals surface area contributed by atoms with Crippen molar-refractivity contribution in [3.8, 4) is 5.75 Å². The molecular weight excluding hydrogens is 432 g/mol. The normalized spacial score (nSPS) is 13.9. The van der Waals surface area contributed by atoms with Gasteiger partial charge < -0.3 is 9.26 Å². The van der Waals surface area contributed by atoms with Gasteiger partial charge in [-0.15, -0.1) is 0 Å². The Kier molecular flexibility index (Phi) is 5.98. The minimum Gasteiger partial charge on any atom is -0.482 e. The average molecular weight is 457 g/mol. The van der Waals surface area contributed by atoms with E-state index in [0.717, 1.165) is 5.56 Å². The molecule has 168 valence electrons. The third kappa shape index (κ3) is 4.23. The lowest BCUT2D eigenvalue weighted by Gasteiger charge is -2.30. The molecule has 0 fully saturated rings. The molecule has 0 saturated carbocycles. The van der Waals surface area contributed by atoms with E-state index in [1.165, 1.54) is 15.3 Å². The second-order valence-electron chi connectivity index (χ2n) is 7.56. The van der Waals surface area contributed by atoms with Crippen LogP contribution >= 0.6 is 0 Å². The SMILES string of the molecule is CCc1nc(CN2C(=O)COc3cc(S(=O)(=O)N(C)Cc4ccccc4)c(C)cc32)no1. The van der Waals surface area contributed by atoms with Crippen molar-refractivity contribution in [1.82, 2.24) is 14.4 Å². The Labute approximate surface area is 186 Å². The molecule has 10 heteroatoms. The van der Waals surface area contributed by atoms with Crippen LogP contribution in [0.3, 0.4) is 0 Å². The van der Waals surface area contributed by atoms with Crippen molar-refractivity contribution in [1.29, 1.82) is 0 Å². The number of fused-ring (bicyclic) bond motifs is 1. The summed E-state index contributed by atoms with van der Waals surface area (Å²) < 4.78 is 38.6. The number of carbonyl (C=O) groups excluding carboxylic acids is 1. The van der Waals surface area contributed by atoms with Crippen LogP contribution in [-0.4, -0.2) is 42.4 Å². The number of aryl methyl sites for hydroxylation is 2. The van der Waals surface area contributed by atoms with Gasteiger partial charge in [0.2, 0.25) is 15.9 Å². The fraction of sp³-hybridized carbons (Fsp3) is 0.318. The number of ether oxygens (including phenoxy) is 1. The Hall–Kier alpha value is -3.24. The molecule has 0 atom stereocenters. The van der Waals surface area contributed by atoms with Crippen molar-refractivity contribution >= 4 is 21.6 Å². The van der Waals surface area contributed by atoms with Crippen LogP contribution < -0.4 is 9.64 Å². The number of sulfonamides is 1. The molecule has 4 rings (SSSR count). The summed E-state index contributed by atoms with van der Waals surface area (Å²) in [5.41, 5.74) is 1.87. The van der Waals surface area contributed by atoms with E-state index >= 15 is 0 Å². The molecule has 1 aliphatic heterocycles. The highest BCUT2D eigenvalue weighted by molar-refractivity contribution is 7.89. The first kappa shape index (κ1) is 22.0. The first-order valence-corrected chi connectivity index (χ1v) is 11.6. The fourth-order valence-corrected chi connectivity index (χ4v) is 4.89. The van der Waals surface area contributed by atoms with E-state index in [0.29, 0.717) is 35.1 Å². The molecule has 0 spiro atoms. The Morgan fingerprint density at radius 3 is 2.62 bits per heavy atom. The van der Waals surface area contributed by atoms with Gasteiger partial charge in [-0.2, -0.15) is 9.29 Å². The van der Waals surface area contributed by atoms with Crippen LogP contribution in [0.25, 0.3) is 0 Å². The Bertz CT molecular complexity index is 1240. The smallest absolute Gasteiger partial charge is 0.265 e. The predicted molar refractivity (Wildman–Crippen MR) is 117 cm³/mol. The summed E-state index contributed by atoms with van der Waals surface area (Å²) in [6, 6.07) is 12.5. The van der Waals surface area contributed by atoms with Crippen molar-refractivity contribution in [3.05, 3.63) is 65.3 Å². The first-order chi connectivity index (χ1) is 15.3. The molecule has 0 radical (unpaired) electrons. The zero-order valence-electron chi connectivity index (χ0n) is 18.1. The van der Waals surface area contributed by atoms with E-state index in [-0.39, 0.29) is 30.5 Å². The molecule has 2 heterocycles. The maximum absolute atomic E-state index is 13.3. The number of hydrogen-bond acceptors (Lipinski definition) is 7. The van der Waals surface area contributed by atoms with Crippen molar-refractivity contribution in [2.24, 2.45) is 0 Å². The third-order valence-corrected chi connectivity index (χ3v) is 7.19. The van der Waals surface area contributed by atoms with Crippen LogP contribution in [-0.2, 0) is 34.3 Å². The minimum absolute atomic E-state index is 0.109. The van der Waals surface area contributed by atoms with Crippen LogP contribution in [0.1, 0.15) is 29.8 Å². The molecule has 32 heavy (non-hydrogen) atoms. The molecular formula is C22H24N4O5S. The van der Waals surface area contributed by atoms with E-state index in [1.807, 2.05) is 37.3 Å². The van der Waals surface area contributed by atoms with Gasteiger partial charge in [-0.05, 0) is 24.1 Å². The topological polar surface area (TPSA) is 106 Å². The third-order valence-electron chi connectivity index (χ3n) is 5.25. The minimum atomic E-state index is -3.78. The van der Waals surface area contributed by atoms with Gasteiger partial charge in [0.15, 0.2) is 12.4 Å². The predicted octanol–water partition coefficient (Wildman–Crippen LogP) is 2.69. The van der Waals surface area contributed by atoms with E-state index in [2.05, 4.69) is 10.1 Å². The maximum atomic E-state index is 13.3. The lowest BCUT2D eigenvalue weighted by molar-refractivity contribution is -0.121. The maximum Gasteiger partial charge on any atom is 0.265 e. The summed E-state index contributed by atoms with van der Waals surface area (Å²) in [5, 5.41) is 3.91.